The van der Waals surface area contributed by atoms with E-state index in [0.29, 0.717) is 11.3 Å². The summed E-state index contributed by atoms with van der Waals surface area (Å²) in [5.41, 5.74) is 0.937. The van der Waals surface area contributed by atoms with E-state index >= 15 is 0 Å². The summed E-state index contributed by atoms with van der Waals surface area (Å²) in [5, 5.41) is 0.599. The molecular formula is C20H26N2O4S. The summed E-state index contributed by atoms with van der Waals surface area (Å²) >= 11 is 1.47. The molecule has 0 unspecified atom stereocenters. The number of aryl methyl sites for hydroxylation is 2. The van der Waals surface area contributed by atoms with Gasteiger partial charge in [0.25, 0.3) is 5.56 Å². The molecule has 0 radical (unpaired) electrons. The zero-order valence-corrected chi connectivity index (χ0v) is 17.7. The molecule has 0 aliphatic heterocycles. The molecule has 3 rings (SSSR count). The number of pyridine rings is 1. The van der Waals surface area contributed by atoms with Gasteiger partial charge in [0.2, 0.25) is 5.89 Å². The molecule has 3 aromatic rings. The number of hydrogen-bond acceptors (Lipinski definition) is 6. The van der Waals surface area contributed by atoms with Crippen LogP contribution in [0.15, 0.2) is 27.9 Å². The molecule has 0 aliphatic rings. The minimum absolute atomic E-state index is 0.115. The highest BCUT2D eigenvalue weighted by Gasteiger charge is 2.21. The van der Waals surface area contributed by atoms with Gasteiger partial charge in [-0.25, -0.2) is 4.98 Å². The maximum Gasteiger partial charge on any atom is 0.326 e. The molecule has 0 bridgehead atoms. The van der Waals surface area contributed by atoms with Gasteiger partial charge in [0, 0.05) is 10.9 Å². The van der Waals surface area contributed by atoms with Crippen LogP contribution < -0.4 is 5.56 Å². The number of thiophene rings is 1. The number of aromatic nitrogens is 2. The molecule has 0 spiro atoms. The van der Waals surface area contributed by atoms with E-state index in [-0.39, 0.29) is 12.1 Å². The van der Waals surface area contributed by atoms with Crippen molar-refractivity contribution in [1.29, 1.82) is 0 Å². The predicted molar refractivity (Wildman–Crippen MR) is 108 cm³/mol. The fourth-order valence-corrected chi connectivity index (χ4v) is 3.92. The van der Waals surface area contributed by atoms with Gasteiger partial charge in [-0.1, -0.05) is 13.8 Å². The molecule has 27 heavy (non-hydrogen) atoms. The summed E-state index contributed by atoms with van der Waals surface area (Å²) in [5.74, 6) is 0.0605. The van der Waals surface area contributed by atoms with Crippen molar-refractivity contribution >= 4 is 27.4 Å². The highest BCUT2D eigenvalue weighted by molar-refractivity contribution is 7.22. The number of hydrogen-bond donors (Lipinski definition) is 0. The average Bonchev–Trinajstić information content (AvgIpc) is 3.20. The molecule has 0 amide bonds. The number of nitrogens with zero attached hydrogens (tertiary/aromatic N) is 2. The highest BCUT2D eigenvalue weighted by Crippen LogP contribution is 2.37. The van der Waals surface area contributed by atoms with E-state index in [1.54, 1.807) is 33.2 Å². The fourth-order valence-electron chi connectivity index (χ4n) is 2.71. The zero-order chi connectivity index (χ0) is 20.4. The predicted octanol–water partition coefficient (Wildman–Crippen LogP) is 4.70. The van der Waals surface area contributed by atoms with Gasteiger partial charge >= 0.3 is 5.97 Å². The van der Waals surface area contributed by atoms with Crippen LogP contribution in [0.5, 0.6) is 0 Å². The van der Waals surface area contributed by atoms with Crippen LogP contribution in [-0.4, -0.2) is 21.1 Å². The number of carbonyl (C=O) groups excluding carboxylic acids is 1. The van der Waals surface area contributed by atoms with Crippen molar-refractivity contribution in [3.05, 3.63) is 40.1 Å². The Bertz CT molecular complexity index is 992. The second-order valence-electron chi connectivity index (χ2n) is 6.93. The molecule has 0 N–H and O–H groups in total. The molecule has 3 aromatic heterocycles. The summed E-state index contributed by atoms with van der Waals surface area (Å²) in [4.78, 5) is 30.0. The van der Waals surface area contributed by atoms with Crippen LogP contribution in [0.1, 0.15) is 45.7 Å². The molecule has 0 saturated heterocycles. The van der Waals surface area contributed by atoms with Crippen LogP contribution in [0.25, 0.3) is 20.9 Å². The Labute approximate surface area is 162 Å². The lowest BCUT2D eigenvalue weighted by Crippen LogP contribution is -2.30. The monoisotopic (exact) mass is 390 g/mol. The van der Waals surface area contributed by atoms with E-state index < -0.39 is 11.6 Å². The van der Waals surface area contributed by atoms with Crippen LogP contribution in [0.4, 0.5) is 0 Å². The number of esters is 1. The lowest BCUT2D eigenvalue weighted by Gasteiger charge is -2.20. The van der Waals surface area contributed by atoms with Gasteiger partial charge in [0.05, 0.1) is 16.5 Å². The van der Waals surface area contributed by atoms with E-state index in [1.807, 2.05) is 27.7 Å². The molecule has 0 saturated carbocycles. The second-order valence-corrected chi connectivity index (χ2v) is 7.95. The number of oxazole rings is 1. The number of rotatable bonds is 3. The van der Waals surface area contributed by atoms with Crippen molar-refractivity contribution in [2.75, 3.05) is 0 Å². The maximum absolute atomic E-state index is 12.9. The van der Waals surface area contributed by atoms with Crippen molar-refractivity contribution in [2.24, 2.45) is 0 Å². The Hall–Kier alpha value is -2.41. The molecule has 0 fully saturated rings. The van der Waals surface area contributed by atoms with Crippen molar-refractivity contribution in [1.82, 2.24) is 9.55 Å². The highest BCUT2D eigenvalue weighted by atomic mass is 32.1. The van der Waals surface area contributed by atoms with Gasteiger partial charge in [-0.05, 0) is 45.7 Å². The average molecular weight is 391 g/mol. The Morgan fingerprint density at radius 1 is 1.30 bits per heavy atom. The van der Waals surface area contributed by atoms with Crippen LogP contribution in [0, 0.1) is 13.8 Å². The van der Waals surface area contributed by atoms with Crippen molar-refractivity contribution in [3.63, 3.8) is 0 Å². The minimum Gasteiger partial charge on any atom is -0.459 e. The molecule has 3 heterocycles. The van der Waals surface area contributed by atoms with Gasteiger partial charge in [0.15, 0.2) is 0 Å². The molecule has 7 heteroatoms. The lowest BCUT2D eigenvalue weighted by molar-refractivity contribution is -0.155. The maximum atomic E-state index is 12.9. The largest absolute Gasteiger partial charge is 0.459 e. The van der Waals surface area contributed by atoms with E-state index in [4.69, 9.17) is 9.15 Å². The third-order valence-electron chi connectivity index (χ3n) is 3.68. The first-order chi connectivity index (χ1) is 12.7. The summed E-state index contributed by atoms with van der Waals surface area (Å²) in [6.07, 6.45) is 4.78. The number of ether oxygens (including phenoxy) is 1. The number of carbonyl (C=O) groups is 1. The van der Waals surface area contributed by atoms with Crippen LogP contribution in [0.3, 0.4) is 0 Å². The second kappa shape index (κ2) is 8.08. The van der Waals surface area contributed by atoms with E-state index in [9.17, 15) is 9.59 Å². The molecule has 0 aliphatic carbocycles. The first kappa shape index (κ1) is 20.9. The van der Waals surface area contributed by atoms with E-state index in [0.717, 1.165) is 20.7 Å². The van der Waals surface area contributed by atoms with Gasteiger partial charge in [-0.15, -0.1) is 11.3 Å². The van der Waals surface area contributed by atoms with Gasteiger partial charge in [-0.3, -0.25) is 9.59 Å². The normalized spacial score (nSPS) is 11.2. The third-order valence-corrected chi connectivity index (χ3v) is 5.09. The van der Waals surface area contributed by atoms with E-state index in [2.05, 4.69) is 4.98 Å². The molecule has 0 aromatic carbocycles. The SMILES string of the molecule is CC.Cc1cn(CC(=O)OC(C)(C)C)c(=O)c2c(C)c(-c3ncco3)sc12. The molecule has 146 valence electrons. The van der Waals surface area contributed by atoms with Crippen LogP contribution >= 0.6 is 11.3 Å². The van der Waals surface area contributed by atoms with Crippen molar-refractivity contribution in [2.45, 2.75) is 60.6 Å². The minimum atomic E-state index is -0.587. The van der Waals surface area contributed by atoms with Gasteiger partial charge in [-0.2, -0.15) is 0 Å². The van der Waals surface area contributed by atoms with Gasteiger partial charge < -0.3 is 13.7 Å². The first-order valence-electron chi connectivity index (χ1n) is 8.92. The van der Waals surface area contributed by atoms with Crippen molar-refractivity contribution < 1.29 is 13.9 Å². The standard InChI is InChI=1S/C18H20N2O4S.C2H6/c1-10-8-20(9-12(21)24-18(3,4)5)17(22)13-11(2)15(25-14(10)13)16-19-6-7-23-16;1-2/h6-8H,9H2,1-5H3;1-2H3. The zero-order valence-electron chi connectivity index (χ0n) is 16.9. The lowest BCUT2D eigenvalue weighted by atomic mass is 10.1. The summed E-state index contributed by atoms with van der Waals surface area (Å²) < 4.78 is 13.0. The molecule has 6 nitrogen and oxygen atoms in total. The smallest absolute Gasteiger partial charge is 0.326 e. The fraction of sp³-hybridized carbons (Fsp3) is 0.450. The first-order valence-corrected chi connectivity index (χ1v) is 9.74. The van der Waals surface area contributed by atoms with Crippen LogP contribution in [0.2, 0.25) is 0 Å². The molecule has 0 atom stereocenters. The summed E-state index contributed by atoms with van der Waals surface area (Å²) in [6, 6.07) is 0. The Morgan fingerprint density at radius 2 is 1.96 bits per heavy atom. The molecular weight excluding hydrogens is 364 g/mol. The number of fused-ring (bicyclic) bond motifs is 1. The van der Waals surface area contributed by atoms with Gasteiger partial charge in [0.1, 0.15) is 18.4 Å². The van der Waals surface area contributed by atoms with Crippen molar-refractivity contribution in [3.8, 4) is 10.8 Å². The van der Waals surface area contributed by atoms with Crippen LogP contribution in [-0.2, 0) is 16.1 Å². The Balaban J connectivity index is 0.00000126. The van der Waals surface area contributed by atoms with E-state index in [1.165, 1.54) is 22.2 Å². The summed E-state index contributed by atoms with van der Waals surface area (Å²) in [7, 11) is 0. The third kappa shape index (κ3) is 4.47. The quantitative estimate of drug-likeness (QED) is 0.606. The topological polar surface area (TPSA) is 74.3 Å². The summed E-state index contributed by atoms with van der Waals surface area (Å²) in [6.45, 7) is 13.1. The Morgan fingerprint density at radius 3 is 2.52 bits per heavy atom. The Kier molecular flexibility index (Phi) is 6.26.